The quantitative estimate of drug-likeness (QED) is 0.599. The van der Waals surface area contributed by atoms with Gasteiger partial charge < -0.3 is 18.9 Å². The predicted octanol–water partition coefficient (Wildman–Crippen LogP) is 2.64. The van der Waals surface area contributed by atoms with E-state index in [1.165, 1.54) is 38.5 Å². The van der Waals surface area contributed by atoms with Crippen LogP contribution in [0.2, 0.25) is 0 Å². The van der Waals surface area contributed by atoms with Crippen LogP contribution in [0.4, 0.5) is 0 Å². The highest BCUT2D eigenvalue weighted by atomic mass is 16.5. The van der Waals surface area contributed by atoms with E-state index in [9.17, 15) is 9.59 Å². The predicted molar refractivity (Wildman–Crippen MR) is 86.7 cm³/mol. The first kappa shape index (κ1) is 17.3. The lowest BCUT2D eigenvalue weighted by molar-refractivity contribution is -0.133. The van der Waals surface area contributed by atoms with Crippen LogP contribution in [-0.4, -0.2) is 33.3 Å². The van der Waals surface area contributed by atoms with Gasteiger partial charge in [-0.05, 0) is 42.5 Å². The fraction of sp³-hybridized carbons (Fsp3) is 0.222. The molecule has 0 radical (unpaired) electrons. The van der Waals surface area contributed by atoms with Gasteiger partial charge in [0.05, 0.1) is 33.3 Å². The van der Waals surface area contributed by atoms with Crippen LogP contribution in [0.25, 0.3) is 0 Å². The Morgan fingerprint density at radius 1 is 0.875 bits per heavy atom. The van der Waals surface area contributed by atoms with Crippen LogP contribution in [0.1, 0.15) is 15.9 Å². The van der Waals surface area contributed by atoms with Crippen molar-refractivity contribution in [3.8, 4) is 17.2 Å². The van der Waals surface area contributed by atoms with E-state index in [1.54, 1.807) is 25.3 Å². The summed E-state index contributed by atoms with van der Waals surface area (Å²) < 4.78 is 20.3. The molecule has 6 heteroatoms. The lowest BCUT2D eigenvalue weighted by Gasteiger charge is -2.10. The number of hydrogen-bond acceptors (Lipinski definition) is 6. The molecular weight excluding hydrogens is 312 g/mol. The molecule has 24 heavy (non-hydrogen) atoms. The third kappa shape index (κ3) is 4.25. The normalized spacial score (nSPS) is 9.96. The summed E-state index contributed by atoms with van der Waals surface area (Å²) in [4.78, 5) is 23.5. The van der Waals surface area contributed by atoms with Crippen molar-refractivity contribution < 1.29 is 28.5 Å². The molecular formula is C18H18O6. The van der Waals surface area contributed by atoms with Gasteiger partial charge in [-0.15, -0.1) is 0 Å². The van der Waals surface area contributed by atoms with E-state index < -0.39 is 11.9 Å². The summed E-state index contributed by atoms with van der Waals surface area (Å²) >= 11 is 0. The lowest BCUT2D eigenvalue weighted by atomic mass is 10.1. The van der Waals surface area contributed by atoms with Crippen LogP contribution in [0, 0.1) is 0 Å². The van der Waals surface area contributed by atoms with Crippen LogP contribution in [0.3, 0.4) is 0 Å². The Hall–Kier alpha value is -3.02. The Kier molecular flexibility index (Phi) is 5.78. The molecule has 0 aliphatic heterocycles. The van der Waals surface area contributed by atoms with Crippen molar-refractivity contribution in [3.05, 3.63) is 53.6 Å². The summed E-state index contributed by atoms with van der Waals surface area (Å²) in [7, 11) is 4.38. The monoisotopic (exact) mass is 330 g/mol. The Balaban J connectivity index is 2.07. The average molecular weight is 330 g/mol. The highest BCUT2D eigenvalue weighted by Crippen LogP contribution is 2.25. The molecule has 126 valence electrons. The highest BCUT2D eigenvalue weighted by molar-refractivity contribution is 5.89. The summed E-state index contributed by atoms with van der Waals surface area (Å²) in [5.41, 5.74) is 1.04. The second kappa shape index (κ2) is 8.01. The molecule has 0 aliphatic carbocycles. The van der Waals surface area contributed by atoms with Crippen molar-refractivity contribution >= 4 is 11.9 Å². The standard InChI is InChI=1S/C18H18O6/c1-21-15-8-9-16(22-2)13(10-15)11-17(19)24-14-6-4-12(5-7-14)18(20)23-3/h4-10H,11H2,1-3H3. The largest absolute Gasteiger partial charge is 0.497 e. The molecule has 0 spiro atoms. The van der Waals surface area contributed by atoms with Crippen LogP contribution in [0.15, 0.2) is 42.5 Å². The van der Waals surface area contributed by atoms with E-state index in [-0.39, 0.29) is 6.42 Å². The summed E-state index contributed by atoms with van der Waals surface area (Å²) in [6.45, 7) is 0. The molecule has 0 amide bonds. The van der Waals surface area contributed by atoms with Gasteiger partial charge in [-0.3, -0.25) is 4.79 Å². The minimum Gasteiger partial charge on any atom is -0.497 e. The maximum atomic E-state index is 12.1. The Morgan fingerprint density at radius 2 is 1.54 bits per heavy atom. The maximum absolute atomic E-state index is 12.1. The molecule has 6 nitrogen and oxygen atoms in total. The summed E-state index contributed by atoms with van der Waals surface area (Å²) in [5, 5.41) is 0. The summed E-state index contributed by atoms with van der Waals surface area (Å²) in [6.07, 6.45) is 0.0269. The molecule has 2 aromatic carbocycles. The van der Waals surface area contributed by atoms with Crippen molar-refractivity contribution in [2.24, 2.45) is 0 Å². The molecule has 0 fully saturated rings. The average Bonchev–Trinajstić information content (AvgIpc) is 2.61. The molecule has 0 heterocycles. The molecule has 0 atom stereocenters. The highest BCUT2D eigenvalue weighted by Gasteiger charge is 2.13. The number of benzene rings is 2. The molecule has 0 aliphatic rings. The summed E-state index contributed by atoms with van der Waals surface area (Å²) in [6, 6.07) is 11.3. The molecule has 2 aromatic rings. The van der Waals surface area contributed by atoms with Gasteiger partial charge in [0.15, 0.2) is 0 Å². The summed E-state index contributed by atoms with van der Waals surface area (Å²) in [5.74, 6) is 0.644. The van der Waals surface area contributed by atoms with Crippen LogP contribution >= 0.6 is 0 Å². The van der Waals surface area contributed by atoms with E-state index in [0.717, 1.165) is 0 Å². The van der Waals surface area contributed by atoms with Crippen LogP contribution in [0.5, 0.6) is 17.2 Å². The van der Waals surface area contributed by atoms with Crippen molar-refractivity contribution in [3.63, 3.8) is 0 Å². The van der Waals surface area contributed by atoms with Crippen molar-refractivity contribution in [1.82, 2.24) is 0 Å². The van der Waals surface area contributed by atoms with Crippen molar-refractivity contribution in [2.75, 3.05) is 21.3 Å². The van der Waals surface area contributed by atoms with Gasteiger partial charge in [0, 0.05) is 5.56 Å². The van der Waals surface area contributed by atoms with E-state index in [4.69, 9.17) is 14.2 Å². The van der Waals surface area contributed by atoms with E-state index in [0.29, 0.717) is 28.4 Å². The molecule has 0 saturated carbocycles. The molecule has 0 N–H and O–H groups in total. The number of hydrogen-bond donors (Lipinski definition) is 0. The third-order valence-electron chi connectivity index (χ3n) is 3.33. The molecule has 0 aromatic heterocycles. The Labute approximate surface area is 139 Å². The number of ether oxygens (including phenoxy) is 4. The fourth-order valence-corrected chi connectivity index (χ4v) is 2.12. The minimum absolute atomic E-state index is 0.0269. The topological polar surface area (TPSA) is 71.1 Å². The number of carbonyl (C=O) groups is 2. The number of methoxy groups -OCH3 is 3. The Bertz CT molecular complexity index is 721. The molecule has 0 saturated heterocycles. The molecule has 0 unspecified atom stereocenters. The Morgan fingerprint density at radius 3 is 2.12 bits per heavy atom. The smallest absolute Gasteiger partial charge is 0.337 e. The third-order valence-corrected chi connectivity index (χ3v) is 3.33. The van der Waals surface area contributed by atoms with Gasteiger partial charge in [0.2, 0.25) is 0 Å². The number of carbonyl (C=O) groups excluding carboxylic acids is 2. The first-order valence-electron chi connectivity index (χ1n) is 7.17. The van der Waals surface area contributed by atoms with Gasteiger partial charge in [0.1, 0.15) is 17.2 Å². The van der Waals surface area contributed by atoms with Gasteiger partial charge in [0.25, 0.3) is 0 Å². The SMILES string of the molecule is COC(=O)c1ccc(OC(=O)Cc2cc(OC)ccc2OC)cc1. The zero-order valence-corrected chi connectivity index (χ0v) is 13.7. The van der Waals surface area contributed by atoms with E-state index in [2.05, 4.69) is 4.74 Å². The van der Waals surface area contributed by atoms with Crippen molar-refractivity contribution in [1.29, 1.82) is 0 Å². The maximum Gasteiger partial charge on any atom is 0.337 e. The number of esters is 2. The van der Waals surface area contributed by atoms with Crippen LogP contribution < -0.4 is 14.2 Å². The van der Waals surface area contributed by atoms with Gasteiger partial charge in [-0.25, -0.2) is 4.79 Å². The van der Waals surface area contributed by atoms with E-state index in [1.807, 2.05) is 0 Å². The zero-order chi connectivity index (χ0) is 17.5. The molecule has 0 bridgehead atoms. The van der Waals surface area contributed by atoms with Crippen LogP contribution in [-0.2, 0) is 16.0 Å². The fourth-order valence-electron chi connectivity index (χ4n) is 2.12. The second-order valence-corrected chi connectivity index (χ2v) is 4.84. The van der Waals surface area contributed by atoms with E-state index >= 15 is 0 Å². The number of rotatable bonds is 6. The second-order valence-electron chi connectivity index (χ2n) is 4.84. The molecule has 2 rings (SSSR count). The minimum atomic E-state index is -0.452. The van der Waals surface area contributed by atoms with Crippen molar-refractivity contribution in [2.45, 2.75) is 6.42 Å². The zero-order valence-electron chi connectivity index (χ0n) is 13.7. The van der Waals surface area contributed by atoms with Gasteiger partial charge in [-0.1, -0.05) is 0 Å². The first-order valence-corrected chi connectivity index (χ1v) is 7.17. The lowest BCUT2D eigenvalue weighted by Crippen LogP contribution is -2.12. The first-order chi connectivity index (χ1) is 11.6. The van der Waals surface area contributed by atoms with Gasteiger partial charge >= 0.3 is 11.9 Å². The van der Waals surface area contributed by atoms with Gasteiger partial charge in [-0.2, -0.15) is 0 Å².